The number of hydrogen-bond acceptors (Lipinski definition) is 5. The first kappa shape index (κ1) is 17.7. The number of phenols is 2. The molecule has 0 aliphatic heterocycles. The molecule has 2 rings (SSSR count). The Morgan fingerprint density at radius 2 is 1.79 bits per heavy atom. The van der Waals surface area contributed by atoms with Gasteiger partial charge in [0, 0.05) is 12.5 Å². The van der Waals surface area contributed by atoms with Gasteiger partial charge >= 0.3 is 0 Å². The fourth-order valence-electron chi connectivity index (χ4n) is 2.73. The van der Waals surface area contributed by atoms with Crippen LogP contribution >= 0.6 is 0 Å². The normalized spacial score (nSPS) is 11.8. The van der Waals surface area contributed by atoms with E-state index in [1.54, 1.807) is 25.1 Å². The molecule has 2 N–H and O–H groups in total. The maximum atomic E-state index is 12.6. The van der Waals surface area contributed by atoms with Crippen molar-refractivity contribution in [3.05, 3.63) is 47.0 Å². The van der Waals surface area contributed by atoms with E-state index >= 15 is 0 Å². The van der Waals surface area contributed by atoms with Gasteiger partial charge in [-0.15, -0.1) is 0 Å². The van der Waals surface area contributed by atoms with Gasteiger partial charge in [-0.3, -0.25) is 4.79 Å². The van der Waals surface area contributed by atoms with Crippen molar-refractivity contribution in [2.24, 2.45) is 0 Å². The van der Waals surface area contributed by atoms with E-state index < -0.39 is 0 Å². The van der Waals surface area contributed by atoms with Crippen LogP contribution in [0.1, 0.15) is 40.7 Å². The lowest BCUT2D eigenvalue weighted by Gasteiger charge is -2.15. The molecule has 5 heteroatoms. The number of rotatable bonds is 6. The van der Waals surface area contributed by atoms with Crippen LogP contribution in [0.2, 0.25) is 0 Å². The van der Waals surface area contributed by atoms with Gasteiger partial charge < -0.3 is 19.7 Å². The molecule has 0 aliphatic rings. The predicted octanol–water partition coefficient (Wildman–Crippen LogP) is 3.80. The van der Waals surface area contributed by atoms with Crippen LogP contribution < -0.4 is 9.47 Å². The van der Waals surface area contributed by atoms with Gasteiger partial charge in [-0.2, -0.15) is 0 Å². The Hall–Kier alpha value is -2.69. The third-order valence-electron chi connectivity index (χ3n) is 4.07. The SMILES string of the molecule is COc1cc(C)c(C(=O)CC(C)c2ccc(OC)c(O)c2)c(O)c1. The van der Waals surface area contributed by atoms with Gasteiger partial charge in [0.25, 0.3) is 0 Å². The van der Waals surface area contributed by atoms with Gasteiger partial charge in [-0.25, -0.2) is 0 Å². The lowest BCUT2D eigenvalue weighted by atomic mass is 9.91. The molecule has 0 saturated carbocycles. The molecule has 5 nitrogen and oxygen atoms in total. The van der Waals surface area contributed by atoms with Crippen LogP contribution in [0.15, 0.2) is 30.3 Å². The number of hydrogen-bond donors (Lipinski definition) is 2. The maximum Gasteiger partial charge on any atom is 0.167 e. The Morgan fingerprint density at radius 1 is 1.08 bits per heavy atom. The Kier molecular flexibility index (Phi) is 5.34. The summed E-state index contributed by atoms with van der Waals surface area (Å²) >= 11 is 0. The molecule has 1 atom stereocenters. The maximum absolute atomic E-state index is 12.6. The first-order chi connectivity index (χ1) is 11.4. The molecule has 2 aromatic rings. The topological polar surface area (TPSA) is 76.0 Å². The number of ether oxygens (including phenoxy) is 2. The Balaban J connectivity index is 2.22. The first-order valence-electron chi connectivity index (χ1n) is 7.65. The molecule has 1 unspecified atom stereocenters. The summed E-state index contributed by atoms with van der Waals surface area (Å²) in [4.78, 5) is 12.6. The van der Waals surface area contributed by atoms with Crippen molar-refractivity contribution in [2.75, 3.05) is 14.2 Å². The molecule has 24 heavy (non-hydrogen) atoms. The minimum absolute atomic E-state index is 0.0396. The molecule has 0 radical (unpaired) electrons. The van der Waals surface area contributed by atoms with Crippen LogP contribution in [-0.2, 0) is 0 Å². The third-order valence-corrected chi connectivity index (χ3v) is 4.07. The second kappa shape index (κ2) is 7.25. The Bertz CT molecular complexity index is 728. The summed E-state index contributed by atoms with van der Waals surface area (Å²) < 4.78 is 10.1. The highest BCUT2D eigenvalue weighted by molar-refractivity contribution is 6.00. The number of aryl methyl sites for hydroxylation is 1. The van der Waals surface area contributed by atoms with Gasteiger partial charge in [0.1, 0.15) is 11.5 Å². The van der Waals surface area contributed by atoms with Crippen molar-refractivity contribution in [3.8, 4) is 23.0 Å². The van der Waals surface area contributed by atoms with E-state index in [0.717, 1.165) is 5.56 Å². The Morgan fingerprint density at radius 3 is 2.33 bits per heavy atom. The van der Waals surface area contributed by atoms with E-state index in [1.807, 2.05) is 13.0 Å². The van der Waals surface area contributed by atoms with Crippen molar-refractivity contribution in [1.82, 2.24) is 0 Å². The molecular formula is C19H22O5. The van der Waals surface area contributed by atoms with Crippen molar-refractivity contribution in [1.29, 1.82) is 0 Å². The fourth-order valence-corrected chi connectivity index (χ4v) is 2.73. The number of Topliss-reactive ketones (excluding diaryl/α,β-unsaturated/α-hetero) is 1. The molecule has 0 aliphatic carbocycles. The highest BCUT2D eigenvalue weighted by Crippen LogP contribution is 2.33. The first-order valence-corrected chi connectivity index (χ1v) is 7.65. The second-order valence-electron chi connectivity index (χ2n) is 5.80. The summed E-state index contributed by atoms with van der Waals surface area (Å²) in [6.07, 6.45) is 0.215. The van der Waals surface area contributed by atoms with Crippen LogP contribution in [0, 0.1) is 6.92 Å². The fraction of sp³-hybridized carbons (Fsp3) is 0.316. The monoisotopic (exact) mass is 330 g/mol. The predicted molar refractivity (Wildman–Crippen MR) is 91.4 cm³/mol. The number of carbonyl (C=O) groups excluding carboxylic acids is 1. The van der Waals surface area contributed by atoms with Crippen LogP contribution in [0.5, 0.6) is 23.0 Å². The van der Waals surface area contributed by atoms with E-state index in [0.29, 0.717) is 22.6 Å². The highest BCUT2D eigenvalue weighted by atomic mass is 16.5. The largest absolute Gasteiger partial charge is 0.507 e. The zero-order valence-corrected chi connectivity index (χ0v) is 14.3. The molecule has 0 fully saturated rings. The van der Waals surface area contributed by atoms with Gasteiger partial charge in [0.05, 0.1) is 19.8 Å². The van der Waals surface area contributed by atoms with Crippen molar-refractivity contribution in [3.63, 3.8) is 0 Å². The summed E-state index contributed by atoms with van der Waals surface area (Å²) in [6, 6.07) is 8.23. The zero-order valence-electron chi connectivity index (χ0n) is 14.3. The molecule has 2 aromatic carbocycles. The smallest absolute Gasteiger partial charge is 0.167 e. The third kappa shape index (κ3) is 3.62. The number of phenolic OH excluding ortho intramolecular Hbond substituents is 2. The van der Waals surface area contributed by atoms with E-state index in [4.69, 9.17) is 9.47 Å². The summed E-state index contributed by atoms with van der Waals surface area (Å²) in [6.45, 7) is 3.66. The number of methoxy groups -OCH3 is 2. The summed E-state index contributed by atoms with van der Waals surface area (Å²) in [5.41, 5.74) is 1.80. The van der Waals surface area contributed by atoms with Gasteiger partial charge in [-0.1, -0.05) is 13.0 Å². The quantitative estimate of drug-likeness (QED) is 0.788. The van der Waals surface area contributed by atoms with Crippen LogP contribution in [0.3, 0.4) is 0 Å². The minimum atomic E-state index is -0.157. The lowest BCUT2D eigenvalue weighted by Crippen LogP contribution is -2.07. The van der Waals surface area contributed by atoms with Gasteiger partial charge in [-0.05, 0) is 42.2 Å². The number of ketones is 1. The summed E-state index contributed by atoms with van der Waals surface area (Å²) in [5.74, 6) is 0.584. The molecule has 0 bridgehead atoms. The number of carbonyl (C=O) groups is 1. The summed E-state index contributed by atoms with van der Waals surface area (Å²) in [7, 11) is 2.99. The lowest BCUT2D eigenvalue weighted by molar-refractivity contribution is 0.0972. The molecule has 0 amide bonds. The molecule has 0 saturated heterocycles. The van der Waals surface area contributed by atoms with Crippen LogP contribution in [0.4, 0.5) is 0 Å². The minimum Gasteiger partial charge on any atom is -0.507 e. The van der Waals surface area contributed by atoms with Crippen molar-refractivity contribution in [2.45, 2.75) is 26.2 Å². The zero-order chi connectivity index (χ0) is 17.9. The molecule has 128 valence electrons. The number of benzene rings is 2. The average molecular weight is 330 g/mol. The number of aromatic hydroxyl groups is 2. The standard InChI is InChI=1S/C19H22O5/c1-11(13-5-6-18(24-4)15(20)9-13)8-16(21)19-12(2)7-14(23-3)10-17(19)22/h5-7,9-11,20,22H,8H2,1-4H3. The van der Waals surface area contributed by atoms with Crippen molar-refractivity contribution >= 4 is 5.78 Å². The second-order valence-corrected chi connectivity index (χ2v) is 5.80. The van der Waals surface area contributed by atoms with E-state index in [2.05, 4.69) is 0 Å². The molecule has 0 spiro atoms. The van der Waals surface area contributed by atoms with Crippen molar-refractivity contribution < 1.29 is 24.5 Å². The van der Waals surface area contributed by atoms with Gasteiger partial charge in [0.15, 0.2) is 17.3 Å². The molecule has 0 aromatic heterocycles. The summed E-state index contributed by atoms with van der Waals surface area (Å²) in [5, 5.41) is 20.0. The van der Waals surface area contributed by atoms with E-state index in [1.165, 1.54) is 20.3 Å². The molecular weight excluding hydrogens is 308 g/mol. The van der Waals surface area contributed by atoms with E-state index in [-0.39, 0.29) is 29.6 Å². The van der Waals surface area contributed by atoms with Gasteiger partial charge in [0.2, 0.25) is 0 Å². The van der Waals surface area contributed by atoms with E-state index in [9.17, 15) is 15.0 Å². The average Bonchev–Trinajstić information content (AvgIpc) is 2.53. The highest BCUT2D eigenvalue weighted by Gasteiger charge is 2.20. The Labute approximate surface area is 141 Å². The van der Waals surface area contributed by atoms with Crippen LogP contribution in [-0.4, -0.2) is 30.2 Å². The molecule has 0 heterocycles. The van der Waals surface area contributed by atoms with Crippen LogP contribution in [0.25, 0.3) is 0 Å².